The Labute approximate surface area is 223 Å². The van der Waals surface area contributed by atoms with Gasteiger partial charge in [-0.2, -0.15) is 0 Å². The number of rotatable bonds is 10. The van der Waals surface area contributed by atoms with Gasteiger partial charge >= 0.3 is 0 Å². The zero-order chi connectivity index (χ0) is 27.1. The lowest BCUT2D eigenvalue weighted by atomic mass is 10.1. The van der Waals surface area contributed by atoms with Crippen LogP contribution in [-0.4, -0.2) is 43.9 Å². The quantitative estimate of drug-likeness (QED) is 0.241. The first-order valence-corrected chi connectivity index (χ1v) is 12.1. The maximum Gasteiger partial charge on any atom is 0.279 e. The zero-order valence-corrected chi connectivity index (χ0v) is 21.2. The number of amides is 1. The third-order valence-corrected chi connectivity index (χ3v) is 5.85. The summed E-state index contributed by atoms with van der Waals surface area (Å²) in [6, 6.07) is 17.8. The Bertz CT molecular complexity index is 1440. The minimum atomic E-state index is -1.06. The van der Waals surface area contributed by atoms with Gasteiger partial charge < -0.3 is 25.6 Å². The molecule has 196 valence electrons. The number of aliphatic hydroxyl groups excluding tert-OH is 2. The molecule has 2 aromatic heterocycles. The number of carbonyl (C=O) groups excluding carboxylic acids is 1. The fourth-order valence-electron chi connectivity index (χ4n) is 3.44. The highest BCUT2D eigenvalue weighted by Crippen LogP contribution is 2.24. The standard InChI is InChI=1S/C27H26ClN5O5/c1-17-2-9-23(12-29-17)38-22-10-7-21(8-11-22)31-27-30-13-24(32-25(36)19(15-34)16-35)26(37)33(27)14-18-3-5-20(28)6-4-18/h2-13,19,34-35H,14-16H2,1H3,(H,30,31)(H,32,36). The Kier molecular flexibility index (Phi) is 8.70. The second-order valence-corrected chi connectivity index (χ2v) is 8.89. The first-order valence-electron chi connectivity index (χ1n) is 11.7. The van der Waals surface area contributed by atoms with Gasteiger partial charge in [0.1, 0.15) is 17.2 Å². The number of hydrogen-bond donors (Lipinski definition) is 4. The number of carbonyl (C=O) groups is 1. The van der Waals surface area contributed by atoms with Crippen molar-refractivity contribution in [2.75, 3.05) is 23.8 Å². The Morgan fingerprint density at radius 2 is 1.66 bits per heavy atom. The van der Waals surface area contributed by atoms with Crippen LogP contribution in [0.4, 0.5) is 17.3 Å². The number of benzene rings is 2. The number of anilines is 3. The molecule has 0 fully saturated rings. The Morgan fingerprint density at radius 1 is 0.974 bits per heavy atom. The van der Waals surface area contributed by atoms with Crippen LogP contribution in [0.5, 0.6) is 11.5 Å². The predicted molar refractivity (Wildman–Crippen MR) is 144 cm³/mol. The summed E-state index contributed by atoms with van der Waals surface area (Å²) in [7, 11) is 0. The molecule has 0 aliphatic carbocycles. The van der Waals surface area contributed by atoms with E-state index in [0.717, 1.165) is 11.3 Å². The Morgan fingerprint density at radius 3 is 2.29 bits per heavy atom. The van der Waals surface area contributed by atoms with E-state index in [1.807, 2.05) is 19.1 Å². The number of nitrogens with one attached hydrogen (secondary N) is 2. The average Bonchev–Trinajstić information content (AvgIpc) is 2.92. The number of aryl methyl sites for hydroxylation is 1. The van der Waals surface area contributed by atoms with Crippen LogP contribution in [0.3, 0.4) is 0 Å². The molecule has 2 aromatic carbocycles. The largest absolute Gasteiger partial charge is 0.456 e. The van der Waals surface area contributed by atoms with Crippen molar-refractivity contribution < 1.29 is 19.7 Å². The lowest BCUT2D eigenvalue weighted by Gasteiger charge is -2.17. The van der Waals surface area contributed by atoms with Gasteiger partial charge in [0.05, 0.1) is 38.1 Å². The van der Waals surface area contributed by atoms with Gasteiger partial charge in [-0.05, 0) is 61.0 Å². The van der Waals surface area contributed by atoms with E-state index < -0.39 is 30.6 Å². The van der Waals surface area contributed by atoms with Crippen molar-refractivity contribution in [1.29, 1.82) is 0 Å². The molecule has 0 saturated carbocycles. The fraction of sp³-hybridized carbons (Fsp3) is 0.185. The van der Waals surface area contributed by atoms with Crippen molar-refractivity contribution in [3.63, 3.8) is 0 Å². The van der Waals surface area contributed by atoms with Gasteiger partial charge in [-0.15, -0.1) is 0 Å². The van der Waals surface area contributed by atoms with E-state index in [4.69, 9.17) is 16.3 Å². The summed E-state index contributed by atoms with van der Waals surface area (Å²) in [4.78, 5) is 34.3. The van der Waals surface area contributed by atoms with Crippen molar-refractivity contribution in [1.82, 2.24) is 14.5 Å². The predicted octanol–water partition coefficient (Wildman–Crippen LogP) is 3.72. The van der Waals surface area contributed by atoms with E-state index >= 15 is 0 Å². The highest BCUT2D eigenvalue weighted by molar-refractivity contribution is 6.30. The van der Waals surface area contributed by atoms with E-state index in [9.17, 15) is 19.8 Å². The zero-order valence-electron chi connectivity index (χ0n) is 20.5. The van der Waals surface area contributed by atoms with Crippen LogP contribution in [0.15, 0.2) is 77.9 Å². The number of pyridine rings is 1. The van der Waals surface area contributed by atoms with Gasteiger partial charge in [-0.1, -0.05) is 23.7 Å². The normalized spacial score (nSPS) is 10.9. The molecule has 1 amide bonds. The minimum Gasteiger partial charge on any atom is -0.456 e. The minimum absolute atomic E-state index is 0.0862. The molecule has 0 spiro atoms. The molecule has 2 heterocycles. The molecular formula is C27H26ClN5O5. The molecule has 38 heavy (non-hydrogen) atoms. The second-order valence-electron chi connectivity index (χ2n) is 8.45. The van der Waals surface area contributed by atoms with Crippen LogP contribution < -0.4 is 20.9 Å². The fourth-order valence-corrected chi connectivity index (χ4v) is 3.57. The van der Waals surface area contributed by atoms with Gasteiger partial charge in [0, 0.05) is 16.4 Å². The lowest BCUT2D eigenvalue weighted by molar-refractivity contribution is -0.122. The van der Waals surface area contributed by atoms with Crippen LogP contribution >= 0.6 is 11.6 Å². The van der Waals surface area contributed by atoms with Crippen LogP contribution in [-0.2, 0) is 11.3 Å². The highest BCUT2D eigenvalue weighted by atomic mass is 35.5. The molecular weight excluding hydrogens is 510 g/mol. The molecule has 0 aliphatic heterocycles. The summed E-state index contributed by atoms with van der Waals surface area (Å²) < 4.78 is 7.18. The molecule has 0 bridgehead atoms. The SMILES string of the molecule is Cc1ccc(Oc2ccc(Nc3ncc(NC(=O)C(CO)CO)c(=O)n3Cc3ccc(Cl)cc3)cc2)cn1. The third kappa shape index (κ3) is 6.74. The molecule has 0 saturated heterocycles. The first-order chi connectivity index (χ1) is 18.4. The summed E-state index contributed by atoms with van der Waals surface area (Å²) >= 11 is 6.00. The molecule has 0 radical (unpaired) electrons. The van der Waals surface area contributed by atoms with Crippen molar-refractivity contribution in [3.8, 4) is 11.5 Å². The third-order valence-electron chi connectivity index (χ3n) is 5.60. The van der Waals surface area contributed by atoms with Gasteiger partial charge in [0.2, 0.25) is 11.9 Å². The van der Waals surface area contributed by atoms with Crippen molar-refractivity contribution in [2.45, 2.75) is 13.5 Å². The number of halogens is 1. The van der Waals surface area contributed by atoms with Crippen LogP contribution in [0.25, 0.3) is 0 Å². The molecule has 4 aromatic rings. The molecule has 11 heteroatoms. The summed E-state index contributed by atoms with van der Waals surface area (Å²) in [5.41, 5.74) is 1.71. The first kappa shape index (κ1) is 26.8. The molecule has 10 nitrogen and oxygen atoms in total. The summed E-state index contributed by atoms with van der Waals surface area (Å²) in [6.45, 7) is 0.912. The Hall–Kier alpha value is -4.25. The number of nitrogens with zero attached hydrogens (tertiary/aromatic N) is 3. The van der Waals surface area contributed by atoms with Crippen LogP contribution in [0, 0.1) is 12.8 Å². The van der Waals surface area contributed by atoms with Crippen molar-refractivity contribution in [2.24, 2.45) is 5.92 Å². The summed E-state index contributed by atoms with van der Waals surface area (Å²) in [5.74, 6) is -0.300. The van der Waals surface area contributed by atoms with Gasteiger partial charge in [0.15, 0.2) is 0 Å². The van der Waals surface area contributed by atoms with E-state index in [2.05, 4.69) is 20.6 Å². The van der Waals surface area contributed by atoms with E-state index in [0.29, 0.717) is 22.2 Å². The van der Waals surface area contributed by atoms with E-state index in [1.165, 1.54) is 10.8 Å². The maximum atomic E-state index is 13.4. The average molecular weight is 536 g/mol. The van der Waals surface area contributed by atoms with Gasteiger partial charge in [0.25, 0.3) is 5.56 Å². The summed E-state index contributed by atoms with van der Waals surface area (Å²) in [6.07, 6.45) is 2.87. The van der Waals surface area contributed by atoms with Crippen molar-refractivity contribution in [3.05, 3.63) is 99.7 Å². The Balaban J connectivity index is 1.60. The van der Waals surface area contributed by atoms with Crippen molar-refractivity contribution >= 4 is 34.8 Å². The molecule has 0 atom stereocenters. The van der Waals surface area contributed by atoms with E-state index in [-0.39, 0.29) is 18.2 Å². The maximum absolute atomic E-state index is 13.4. The molecule has 0 aliphatic rings. The van der Waals surface area contributed by atoms with Crippen LogP contribution in [0.2, 0.25) is 5.02 Å². The number of aliphatic hydroxyl groups is 2. The highest BCUT2D eigenvalue weighted by Gasteiger charge is 2.19. The van der Waals surface area contributed by atoms with Crippen LogP contribution in [0.1, 0.15) is 11.3 Å². The number of ether oxygens (including phenoxy) is 1. The molecule has 4 N–H and O–H groups in total. The van der Waals surface area contributed by atoms with E-state index in [1.54, 1.807) is 54.7 Å². The smallest absolute Gasteiger partial charge is 0.279 e. The number of hydrogen-bond acceptors (Lipinski definition) is 8. The topological polar surface area (TPSA) is 139 Å². The lowest BCUT2D eigenvalue weighted by Crippen LogP contribution is -2.33. The molecule has 0 unspecified atom stereocenters. The second kappa shape index (κ2) is 12.3. The van der Waals surface area contributed by atoms with Gasteiger partial charge in [-0.25, -0.2) is 4.98 Å². The van der Waals surface area contributed by atoms with Gasteiger partial charge in [-0.3, -0.25) is 19.1 Å². The monoisotopic (exact) mass is 535 g/mol. The number of aromatic nitrogens is 3. The summed E-state index contributed by atoms with van der Waals surface area (Å²) in [5, 5.41) is 24.7. The molecule has 4 rings (SSSR count).